The summed E-state index contributed by atoms with van der Waals surface area (Å²) in [4.78, 5) is 27.6. The van der Waals surface area contributed by atoms with Crippen molar-refractivity contribution in [3.63, 3.8) is 0 Å². The van der Waals surface area contributed by atoms with Crippen molar-refractivity contribution in [1.29, 1.82) is 0 Å². The number of methoxy groups -OCH3 is 1. The van der Waals surface area contributed by atoms with Gasteiger partial charge in [-0.3, -0.25) is 9.69 Å². The van der Waals surface area contributed by atoms with Gasteiger partial charge in [-0.25, -0.2) is 4.79 Å². The van der Waals surface area contributed by atoms with Crippen LogP contribution in [0.25, 0.3) is 0 Å². The Hall–Kier alpha value is -3.25. The second-order valence-electron chi connectivity index (χ2n) is 8.23. The molecule has 0 spiro atoms. The number of nitrogens with one attached hydrogen (secondary N) is 1. The number of hydrogen-bond donors (Lipinski definition) is 1. The maximum absolute atomic E-state index is 12.9. The van der Waals surface area contributed by atoms with Gasteiger partial charge in [0.2, 0.25) is 5.91 Å². The molecule has 2 aromatic rings. The van der Waals surface area contributed by atoms with Gasteiger partial charge in [0.15, 0.2) is 6.61 Å². The van der Waals surface area contributed by atoms with E-state index in [9.17, 15) is 31.5 Å². The van der Waals surface area contributed by atoms with Crippen molar-refractivity contribution in [2.24, 2.45) is 0 Å². The molecule has 0 aliphatic heterocycles. The standard InChI is InChI=1S/C24H28F5N3O4/c1-31(14-17-4-6-18(7-5-17)22(34)35-3)12-13-32(2)15-21(33)30-19-8-10-20(11-9-19)36-16-23(25,26)24(27,28)29/h4-11H,12-16H2,1-3H3,(H,30,33). The number of ether oxygens (including phenoxy) is 2. The number of carbonyl (C=O) groups excluding carboxylic acids is 2. The van der Waals surface area contributed by atoms with Crippen LogP contribution in [0.15, 0.2) is 48.5 Å². The van der Waals surface area contributed by atoms with Crippen molar-refractivity contribution in [1.82, 2.24) is 9.80 Å². The van der Waals surface area contributed by atoms with Gasteiger partial charge in [-0.1, -0.05) is 12.1 Å². The molecule has 198 valence electrons. The maximum atomic E-state index is 12.9. The van der Waals surface area contributed by atoms with Gasteiger partial charge in [-0.05, 0) is 56.1 Å². The first-order valence-electron chi connectivity index (χ1n) is 10.8. The molecule has 0 saturated heterocycles. The highest BCUT2D eigenvalue weighted by atomic mass is 19.4. The van der Waals surface area contributed by atoms with Crippen molar-refractivity contribution in [3.05, 3.63) is 59.7 Å². The fraction of sp³-hybridized carbons (Fsp3) is 0.417. The van der Waals surface area contributed by atoms with Crippen molar-refractivity contribution >= 4 is 17.6 Å². The zero-order valence-electron chi connectivity index (χ0n) is 20.1. The number of carbonyl (C=O) groups is 2. The van der Waals surface area contributed by atoms with E-state index in [1.54, 1.807) is 19.2 Å². The van der Waals surface area contributed by atoms with Crippen LogP contribution in [0.3, 0.4) is 0 Å². The summed E-state index contributed by atoms with van der Waals surface area (Å²) in [7, 11) is 5.02. The van der Waals surface area contributed by atoms with Gasteiger partial charge in [0, 0.05) is 25.3 Å². The summed E-state index contributed by atoms with van der Waals surface area (Å²) in [6.45, 7) is 0.143. The molecule has 0 atom stereocenters. The van der Waals surface area contributed by atoms with Gasteiger partial charge in [0.05, 0.1) is 19.2 Å². The van der Waals surface area contributed by atoms with Gasteiger partial charge in [0.1, 0.15) is 5.75 Å². The number of nitrogens with zero attached hydrogens (tertiary/aromatic N) is 2. The van der Waals surface area contributed by atoms with Gasteiger partial charge >= 0.3 is 18.1 Å². The Morgan fingerprint density at radius 1 is 0.889 bits per heavy atom. The molecule has 0 aliphatic carbocycles. The van der Waals surface area contributed by atoms with E-state index in [4.69, 9.17) is 0 Å². The fourth-order valence-corrected chi connectivity index (χ4v) is 3.01. The van der Waals surface area contributed by atoms with Crippen molar-refractivity contribution in [2.45, 2.75) is 18.6 Å². The van der Waals surface area contributed by atoms with Crippen molar-refractivity contribution < 1.29 is 41.0 Å². The van der Waals surface area contributed by atoms with Crippen LogP contribution in [0.1, 0.15) is 15.9 Å². The zero-order valence-corrected chi connectivity index (χ0v) is 20.1. The molecular weight excluding hydrogens is 489 g/mol. The average Bonchev–Trinajstić information content (AvgIpc) is 2.81. The number of benzene rings is 2. The lowest BCUT2D eigenvalue weighted by Gasteiger charge is -2.22. The third-order valence-corrected chi connectivity index (χ3v) is 5.08. The average molecular weight is 517 g/mol. The molecule has 0 aromatic heterocycles. The Labute approximate surface area is 205 Å². The van der Waals surface area contributed by atoms with Crippen molar-refractivity contribution in [2.75, 3.05) is 52.8 Å². The maximum Gasteiger partial charge on any atom is 0.456 e. The fourth-order valence-electron chi connectivity index (χ4n) is 3.01. The van der Waals surface area contributed by atoms with Gasteiger partial charge in [-0.15, -0.1) is 0 Å². The summed E-state index contributed by atoms with van der Waals surface area (Å²) in [6, 6.07) is 12.2. The zero-order chi connectivity index (χ0) is 26.9. The molecule has 0 radical (unpaired) electrons. The lowest BCUT2D eigenvalue weighted by Crippen LogP contribution is -2.41. The molecular formula is C24H28F5N3O4. The third kappa shape index (κ3) is 9.08. The summed E-state index contributed by atoms with van der Waals surface area (Å²) >= 11 is 0. The Kier molecular flexibility index (Phi) is 10.2. The molecule has 36 heavy (non-hydrogen) atoms. The van der Waals surface area contributed by atoms with E-state index in [0.29, 0.717) is 30.9 Å². The summed E-state index contributed by atoms with van der Waals surface area (Å²) in [5, 5.41) is 2.63. The number of likely N-dealkylation sites (N-methyl/N-ethyl adjacent to an activating group) is 2. The van der Waals surface area contributed by atoms with Crippen LogP contribution in [-0.2, 0) is 16.1 Å². The first kappa shape index (κ1) is 29.0. The first-order valence-corrected chi connectivity index (χ1v) is 10.8. The summed E-state index contributed by atoms with van der Waals surface area (Å²) in [6.07, 6.45) is -5.70. The van der Waals surface area contributed by atoms with Crippen LogP contribution in [0, 0.1) is 0 Å². The minimum absolute atomic E-state index is 0.0811. The number of anilines is 1. The highest BCUT2D eigenvalue weighted by molar-refractivity contribution is 5.92. The Bertz CT molecular complexity index is 998. The van der Waals surface area contributed by atoms with E-state index in [-0.39, 0.29) is 18.2 Å². The number of halogens is 5. The molecule has 2 rings (SSSR count). The summed E-state index contributed by atoms with van der Waals surface area (Å²) in [5.74, 6) is -5.87. The predicted octanol–water partition coefficient (Wildman–Crippen LogP) is 4.05. The van der Waals surface area contributed by atoms with Crippen LogP contribution in [0.5, 0.6) is 5.75 Å². The number of amides is 1. The quantitative estimate of drug-likeness (QED) is 0.339. The van der Waals surface area contributed by atoms with Crippen LogP contribution in [0.4, 0.5) is 27.6 Å². The summed E-state index contributed by atoms with van der Waals surface area (Å²) < 4.78 is 71.7. The number of alkyl halides is 5. The summed E-state index contributed by atoms with van der Waals surface area (Å²) in [5.41, 5.74) is 1.83. The van der Waals surface area contributed by atoms with Crippen LogP contribution in [-0.4, -0.2) is 81.2 Å². The number of esters is 1. The lowest BCUT2D eigenvalue weighted by atomic mass is 10.1. The highest BCUT2D eigenvalue weighted by Gasteiger charge is 2.58. The highest BCUT2D eigenvalue weighted by Crippen LogP contribution is 2.35. The van der Waals surface area contributed by atoms with Crippen LogP contribution < -0.4 is 10.1 Å². The molecule has 1 N–H and O–H groups in total. The Balaban J connectivity index is 1.73. The van der Waals surface area contributed by atoms with Crippen LogP contribution >= 0.6 is 0 Å². The van der Waals surface area contributed by atoms with E-state index >= 15 is 0 Å². The molecule has 12 heteroatoms. The van der Waals surface area contributed by atoms with E-state index in [0.717, 1.165) is 5.56 Å². The van der Waals surface area contributed by atoms with Crippen LogP contribution in [0.2, 0.25) is 0 Å². The second-order valence-corrected chi connectivity index (χ2v) is 8.23. The second kappa shape index (κ2) is 12.6. The third-order valence-electron chi connectivity index (χ3n) is 5.08. The topological polar surface area (TPSA) is 71.1 Å². The predicted molar refractivity (Wildman–Crippen MR) is 123 cm³/mol. The molecule has 2 aromatic carbocycles. The smallest absolute Gasteiger partial charge is 0.456 e. The molecule has 0 unspecified atom stereocenters. The largest absolute Gasteiger partial charge is 0.487 e. The van der Waals surface area contributed by atoms with Gasteiger partial charge < -0.3 is 19.7 Å². The van der Waals surface area contributed by atoms with Gasteiger partial charge in [-0.2, -0.15) is 22.0 Å². The normalized spacial score (nSPS) is 12.1. The molecule has 0 aliphatic rings. The van der Waals surface area contributed by atoms with E-state index in [2.05, 4.69) is 19.7 Å². The molecule has 0 fully saturated rings. The lowest BCUT2D eigenvalue weighted by molar-refractivity contribution is -0.290. The Morgan fingerprint density at radius 3 is 2.03 bits per heavy atom. The SMILES string of the molecule is COC(=O)c1ccc(CN(C)CCN(C)CC(=O)Nc2ccc(OCC(F)(F)C(F)(F)F)cc2)cc1. The molecule has 0 bridgehead atoms. The molecule has 0 saturated carbocycles. The monoisotopic (exact) mass is 517 g/mol. The minimum atomic E-state index is -5.70. The Morgan fingerprint density at radius 2 is 1.47 bits per heavy atom. The van der Waals surface area contributed by atoms with Gasteiger partial charge in [0.25, 0.3) is 0 Å². The molecule has 0 heterocycles. The van der Waals surface area contributed by atoms with E-state index < -0.39 is 24.7 Å². The minimum Gasteiger partial charge on any atom is -0.487 e. The molecule has 7 nitrogen and oxygen atoms in total. The molecule has 1 amide bonds. The number of rotatable bonds is 12. The van der Waals surface area contributed by atoms with Crippen molar-refractivity contribution in [3.8, 4) is 5.75 Å². The van der Waals surface area contributed by atoms with E-state index in [1.165, 1.54) is 31.4 Å². The number of hydrogen-bond acceptors (Lipinski definition) is 6. The van der Waals surface area contributed by atoms with E-state index in [1.807, 2.05) is 24.1 Å². The first-order chi connectivity index (χ1) is 16.8.